The summed E-state index contributed by atoms with van der Waals surface area (Å²) >= 11 is 5.10. The molecule has 1 aliphatic carbocycles. The minimum absolute atomic E-state index is 0.00944. The molecule has 0 fully saturated rings. The smallest absolute Gasteiger partial charge is 0.229 e. The standard InChI is InChI=1S/C16H16N2O2S/c17-15(21)13-8-11-2-1-3-14(11)18-16(13)20-12-6-4-10(9-19)5-7-12/h4-8,19H,1-3,9H2,(H2,17,21). The molecule has 0 atom stereocenters. The number of aliphatic hydroxyl groups excluding tert-OH is 1. The molecule has 4 nitrogen and oxygen atoms in total. The summed E-state index contributed by atoms with van der Waals surface area (Å²) in [7, 11) is 0. The molecule has 0 saturated carbocycles. The maximum Gasteiger partial charge on any atom is 0.229 e. The Morgan fingerprint density at radius 2 is 2.05 bits per heavy atom. The first kappa shape index (κ1) is 14.0. The lowest BCUT2D eigenvalue weighted by Gasteiger charge is -2.12. The zero-order valence-corrected chi connectivity index (χ0v) is 12.3. The van der Waals surface area contributed by atoms with Crippen LogP contribution in [-0.4, -0.2) is 15.1 Å². The van der Waals surface area contributed by atoms with Crippen molar-refractivity contribution in [1.29, 1.82) is 0 Å². The van der Waals surface area contributed by atoms with Gasteiger partial charge >= 0.3 is 0 Å². The first-order valence-electron chi connectivity index (χ1n) is 6.87. The van der Waals surface area contributed by atoms with Gasteiger partial charge in [-0.2, -0.15) is 0 Å². The van der Waals surface area contributed by atoms with Crippen molar-refractivity contribution in [3.05, 3.63) is 52.7 Å². The number of aryl methyl sites for hydroxylation is 2. The van der Waals surface area contributed by atoms with Gasteiger partial charge in [0.1, 0.15) is 10.7 Å². The Hall–Kier alpha value is -1.98. The minimum atomic E-state index is 0.00944. The van der Waals surface area contributed by atoms with E-state index in [1.165, 1.54) is 5.56 Å². The number of pyridine rings is 1. The number of thiocarbonyl (C=S) groups is 1. The van der Waals surface area contributed by atoms with E-state index in [-0.39, 0.29) is 6.61 Å². The van der Waals surface area contributed by atoms with Gasteiger partial charge < -0.3 is 15.6 Å². The van der Waals surface area contributed by atoms with Gasteiger partial charge in [-0.05, 0) is 48.6 Å². The number of aromatic nitrogens is 1. The summed E-state index contributed by atoms with van der Waals surface area (Å²) in [4.78, 5) is 4.86. The van der Waals surface area contributed by atoms with Crippen molar-refractivity contribution < 1.29 is 9.84 Å². The molecule has 0 aliphatic heterocycles. The van der Waals surface area contributed by atoms with Crippen LogP contribution in [0.15, 0.2) is 30.3 Å². The molecule has 0 spiro atoms. The maximum absolute atomic E-state index is 9.05. The lowest BCUT2D eigenvalue weighted by molar-refractivity contribution is 0.281. The first-order chi connectivity index (χ1) is 10.2. The van der Waals surface area contributed by atoms with E-state index in [1.807, 2.05) is 18.2 Å². The third kappa shape index (κ3) is 2.89. The van der Waals surface area contributed by atoms with Gasteiger partial charge in [0.2, 0.25) is 5.88 Å². The lowest BCUT2D eigenvalue weighted by atomic mass is 10.1. The third-order valence-corrected chi connectivity index (χ3v) is 3.82. The number of ether oxygens (including phenoxy) is 1. The molecule has 108 valence electrons. The van der Waals surface area contributed by atoms with Gasteiger partial charge in [-0.1, -0.05) is 24.4 Å². The van der Waals surface area contributed by atoms with Crippen LogP contribution in [0, 0.1) is 0 Å². The van der Waals surface area contributed by atoms with Crippen molar-refractivity contribution >= 4 is 17.2 Å². The Morgan fingerprint density at radius 3 is 2.71 bits per heavy atom. The lowest BCUT2D eigenvalue weighted by Crippen LogP contribution is -2.13. The first-order valence-corrected chi connectivity index (χ1v) is 7.28. The Labute approximate surface area is 128 Å². The van der Waals surface area contributed by atoms with E-state index in [2.05, 4.69) is 4.98 Å². The Kier molecular flexibility index (Phi) is 3.86. The normalized spacial score (nSPS) is 13.0. The highest BCUT2D eigenvalue weighted by atomic mass is 32.1. The summed E-state index contributed by atoms with van der Waals surface area (Å²) in [6, 6.07) is 9.20. The topological polar surface area (TPSA) is 68.4 Å². The summed E-state index contributed by atoms with van der Waals surface area (Å²) in [5, 5.41) is 9.05. The van der Waals surface area contributed by atoms with E-state index in [9.17, 15) is 0 Å². The highest BCUT2D eigenvalue weighted by Crippen LogP contribution is 2.29. The van der Waals surface area contributed by atoms with Gasteiger partial charge in [0.05, 0.1) is 12.2 Å². The van der Waals surface area contributed by atoms with Crippen LogP contribution in [0.3, 0.4) is 0 Å². The van der Waals surface area contributed by atoms with Gasteiger partial charge in [0.25, 0.3) is 0 Å². The van der Waals surface area contributed by atoms with E-state index >= 15 is 0 Å². The van der Waals surface area contributed by atoms with Gasteiger partial charge in [-0.15, -0.1) is 0 Å². The van der Waals surface area contributed by atoms with Gasteiger partial charge in [0.15, 0.2) is 0 Å². The zero-order chi connectivity index (χ0) is 14.8. The van der Waals surface area contributed by atoms with Crippen molar-refractivity contribution in [2.45, 2.75) is 25.9 Å². The number of fused-ring (bicyclic) bond motifs is 1. The maximum atomic E-state index is 9.05. The zero-order valence-electron chi connectivity index (χ0n) is 11.5. The predicted octanol–water partition coefficient (Wildman–Crippen LogP) is 2.49. The molecule has 1 aromatic heterocycles. The number of nitrogens with zero attached hydrogens (tertiary/aromatic N) is 1. The van der Waals surface area contributed by atoms with Crippen LogP contribution < -0.4 is 10.5 Å². The second-order valence-electron chi connectivity index (χ2n) is 5.07. The summed E-state index contributed by atoms with van der Waals surface area (Å²) in [6.45, 7) is 0.00944. The number of hydrogen-bond donors (Lipinski definition) is 2. The van der Waals surface area contributed by atoms with Crippen LogP contribution in [0.25, 0.3) is 0 Å². The van der Waals surface area contributed by atoms with Crippen LogP contribution in [0.1, 0.15) is 28.8 Å². The monoisotopic (exact) mass is 300 g/mol. The largest absolute Gasteiger partial charge is 0.438 e. The van der Waals surface area contributed by atoms with Crippen LogP contribution in [0.5, 0.6) is 11.6 Å². The summed E-state index contributed by atoms with van der Waals surface area (Å²) in [5.74, 6) is 1.11. The molecule has 3 N–H and O–H groups in total. The van der Waals surface area contributed by atoms with Crippen molar-refractivity contribution in [2.75, 3.05) is 0 Å². The van der Waals surface area contributed by atoms with Crippen molar-refractivity contribution in [3.63, 3.8) is 0 Å². The van der Waals surface area contributed by atoms with E-state index in [4.69, 9.17) is 27.8 Å². The number of hydrogen-bond acceptors (Lipinski definition) is 4. The molecule has 2 aromatic rings. The Balaban J connectivity index is 1.94. The van der Waals surface area contributed by atoms with Crippen LogP contribution in [0.4, 0.5) is 0 Å². The van der Waals surface area contributed by atoms with E-state index < -0.39 is 0 Å². The highest BCUT2D eigenvalue weighted by Gasteiger charge is 2.19. The molecule has 3 rings (SSSR count). The molecule has 0 amide bonds. The average molecular weight is 300 g/mol. The SMILES string of the molecule is NC(=S)c1cc2c(nc1Oc1ccc(CO)cc1)CCC2. The van der Waals surface area contributed by atoms with Crippen molar-refractivity contribution in [1.82, 2.24) is 4.98 Å². The molecular weight excluding hydrogens is 284 g/mol. The quantitative estimate of drug-likeness (QED) is 0.849. The van der Waals surface area contributed by atoms with E-state index in [1.54, 1.807) is 12.1 Å². The van der Waals surface area contributed by atoms with Crippen LogP contribution in [-0.2, 0) is 19.4 Å². The minimum Gasteiger partial charge on any atom is -0.438 e. The molecule has 1 aromatic carbocycles. The number of benzene rings is 1. The van der Waals surface area contributed by atoms with Crippen LogP contribution >= 0.6 is 12.2 Å². The molecule has 0 radical (unpaired) electrons. The number of aliphatic hydroxyl groups is 1. The molecule has 0 unspecified atom stereocenters. The van der Waals surface area contributed by atoms with Gasteiger partial charge in [-0.25, -0.2) is 4.98 Å². The molecule has 21 heavy (non-hydrogen) atoms. The summed E-state index contributed by atoms with van der Waals surface area (Å²) < 4.78 is 5.84. The summed E-state index contributed by atoms with van der Waals surface area (Å²) in [5.41, 5.74) is 9.57. The fraction of sp³-hybridized carbons (Fsp3) is 0.250. The highest BCUT2D eigenvalue weighted by molar-refractivity contribution is 7.80. The van der Waals surface area contributed by atoms with Gasteiger partial charge in [0, 0.05) is 5.69 Å². The molecule has 0 saturated heterocycles. The molecule has 1 heterocycles. The molecule has 0 bridgehead atoms. The van der Waals surface area contributed by atoms with Crippen molar-refractivity contribution in [3.8, 4) is 11.6 Å². The molecule has 1 aliphatic rings. The fourth-order valence-corrected chi connectivity index (χ4v) is 2.63. The predicted molar refractivity (Wildman–Crippen MR) is 84.6 cm³/mol. The average Bonchev–Trinajstić information content (AvgIpc) is 2.94. The number of rotatable bonds is 4. The summed E-state index contributed by atoms with van der Waals surface area (Å²) in [6.07, 6.45) is 3.09. The van der Waals surface area contributed by atoms with E-state index in [0.29, 0.717) is 22.2 Å². The second kappa shape index (κ2) is 5.79. The van der Waals surface area contributed by atoms with Crippen molar-refractivity contribution in [2.24, 2.45) is 5.73 Å². The fourth-order valence-electron chi connectivity index (χ4n) is 2.48. The van der Waals surface area contributed by atoms with Crippen LogP contribution in [0.2, 0.25) is 0 Å². The Bertz CT molecular complexity index is 683. The van der Waals surface area contributed by atoms with E-state index in [0.717, 1.165) is 30.5 Å². The Morgan fingerprint density at radius 1 is 1.29 bits per heavy atom. The third-order valence-electron chi connectivity index (χ3n) is 3.60. The number of nitrogens with two attached hydrogens (primary N) is 1. The second-order valence-corrected chi connectivity index (χ2v) is 5.51. The molecule has 5 heteroatoms. The molecular formula is C16H16N2O2S. The van der Waals surface area contributed by atoms with Gasteiger partial charge in [-0.3, -0.25) is 0 Å².